The van der Waals surface area contributed by atoms with Gasteiger partial charge >= 0.3 is 0 Å². The molecule has 1 N–H and O–H groups in total. The van der Waals surface area contributed by atoms with Gasteiger partial charge in [0.05, 0.1) is 12.1 Å². The van der Waals surface area contributed by atoms with Crippen molar-refractivity contribution in [1.29, 1.82) is 0 Å². The molecule has 0 unspecified atom stereocenters. The predicted molar refractivity (Wildman–Crippen MR) is 89.7 cm³/mol. The van der Waals surface area contributed by atoms with Crippen LogP contribution in [-0.2, 0) is 0 Å². The van der Waals surface area contributed by atoms with Crippen molar-refractivity contribution in [3.63, 3.8) is 0 Å². The Morgan fingerprint density at radius 3 is 2.74 bits per heavy atom. The standard InChI is InChI=1S/C17H14BrFN4/c18-13-3-1-2-12(8-13)16-9-15(11-4-6-14(19)7-5-11)22-17-20-10-21-23(16)17/h1-8,10,15-16H,9H2,(H,20,21,22)/t15-,16+/m0/s1. The molecule has 1 aliphatic rings. The third-order valence-corrected chi connectivity index (χ3v) is 4.63. The summed E-state index contributed by atoms with van der Waals surface area (Å²) in [5.41, 5.74) is 2.21. The lowest BCUT2D eigenvalue weighted by Gasteiger charge is -2.31. The van der Waals surface area contributed by atoms with E-state index >= 15 is 0 Å². The molecule has 0 amide bonds. The Balaban J connectivity index is 1.73. The second kappa shape index (κ2) is 5.77. The van der Waals surface area contributed by atoms with Crippen LogP contribution in [0.25, 0.3) is 0 Å². The molecule has 0 saturated heterocycles. The molecule has 0 spiro atoms. The third-order valence-electron chi connectivity index (χ3n) is 4.14. The Kier molecular flexibility index (Phi) is 3.61. The van der Waals surface area contributed by atoms with Crippen molar-refractivity contribution in [1.82, 2.24) is 14.8 Å². The summed E-state index contributed by atoms with van der Waals surface area (Å²) in [5.74, 6) is 0.506. The molecular formula is C17H14BrFN4. The zero-order valence-corrected chi connectivity index (χ0v) is 13.7. The maximum absolute atomic E-state index is 13.2. The van der Waals surface area contributed by atoms with Crippen LogP contribution < -0.4 is 5.32 Å². The third kappa shape index (κ3) is 2.74. The molecule has 0 aliphatic carbocycles. The summed E-state index contributed by atoms with van der Waals surface area (Å²) >= 11 is 3.52. The van der Waals surface area contributed by atoms with Crippen molar-refractivity contribution in [2.45, 2.75) is 18.5 Å². The smallest absolute Gasteiger partial charge is 0.222 e. The summed E-state index contributed by atoms with van der Waals surface area (Å²) in [5, 5.41) is 7.74. The van der Waals surface area contributed by atoms with Gasteiger partial charge in [-0.3, -0.25) is 0 Å². The van der Waals surface area contributed by atoms with E-state index in [0.29, 0.717) is 0 Å². The van der Waals surface area contributed by atoms with Gasteiger partial charge < -0.3 is 5.32 Å². The van der Waals surface area contributed by atoms with Crippen LogP contribution in [0, 0.1) is 5.82 Å². The summed E-state index contributed by atoms with van der Waals surface area (Å²) in [4.78, 5) is 4.30. The number of nitrogens with one attached hydrogen (secondary N) is 1. The van der Waals surface area contributed by atoms with Crippen molar-refractivity contribution < 1.29 is 4.39 Å². The van der Waals surface area contributed by atoms with Crippen molar-refractivity contribution >= 4 is 21.9 Å². The molecule has 0 bridgehead atoms. The Bertz CT molecular complexity index is 831. The van der Waals surface area contributed by atoms with E-state index in [-0.39, 0.29) is 17.9 Å². The number of aromatic nitrogens is 3. The molecule has 0 radical (unpaired) electrons. The quantitative estimate of drug-likeness (QED) is 0.727. The van der Waals surface area contributed by atoms with E-state index in [1.165, 1.54) is 17.7 Å². The van der Waals surface area contributed by atoms with Crippen LogP contribution in [0.5, 0.6) is 0 Å². The number of nitrogens with zero attached hydrogens (tertiary/aromatic N) is 3. The van der Waals surface area contributed by atoms with Gasteiger partial charge in [0, 0.05) is 4.47 Å². The monoisotopic (exact) mass is 372 g/mol. The minimum Gasteiger partial charge on any atom is -0.348 e. The average molecular weight is 373 g/mol. The molecule has 4 rings (SSSR count). The van der Waals surface area contributed by atoms with Gasteiger partial charge in [0.1, 0.15) is 12.1 Å². The number of rotatable bonds is 2. The Labute approximate surface area is 141 Å². The summed E-state index contributed by atoms with van der Waals surface area (Å²) in [6.07, 6.45) is 2.37. The van der Waals surface area contributed by atoms with Crippen LogP contribution >= 0.6 is 15.9 Å². The number of anilines is 1. The number of hydrogen-bond acceptors (Lipinski definition) is 3. The normalized spacial score (nSPS) is 19.9. The van der Waals surface area contributed by atoms with Crippen molar-refractivity contribution in [3.8, 4) is 0 Å². The van der Waals surface area contributed by atoms with Crippen LogP contribution in [-0.4, -0.2) is 14.8 Å². The first-order chi connectivity index (χ1) is 11.2. The summed E-state index contributed by atoms with van der Waals surface area (Å²) in [6.45, 7) is 0. The first-order valence-corrected chi connectivity index (χ1v) is 8.17. The highest BCUT2D eigenvalue weighted by Crippen LogP contribution is 2.37. The summed E-state index contributed by atoms with van der Waals surface area (Å²) in [7, 11) is 0. The van der Waals surface area contributed by atoms with Crippen molar-refractivity contribution in [2.24, 2.45) is 0 Å². The van der Waals surface area contributed by atoms with E-state index in [9.17, 15) is 4.39 Å². The number of benzene rings is 2. The van der Waals surface area contributed by atoms with Gasteiger partial charge in [0.15, 0.2) is 0 Å². The molecule has 2 heterocycles. The second-order valence-corrected chi connectivity index (χ2v) is 6.50. The molecule has 116 valence electrons. The first-order valence-electron chi connectivity index (χ1n) is 7.38. The lowest BCUT2D eigenvalue weighted by atomic mass is 9.93. The van der Waals surface area contributed by atoms with Crippen molar-refractivity contribution in [2.75, 3.05) is 5.32 Å². The largest absolute Gasteiger partial charge is 0.348 e. The summed E-state index contributed by atoms with van der Waals surface area (Å²) in [6, 6.07) is 15.0. The second-order valence-electron chi connectivity index (χ2n) is 5.58. The zero-order valence-electron chi connectivity index (χ0n) is 12.2. The minimum atomic E-state index is -0.226. The molecular weight excluding hydrogens is 359 g/mol. The van der Waals surface area contributed by atoms with Crippen LogP contribution in [0.4, 0.5) is 10.3 Å². The molecule has 1 aromatic heterocycles. The minimum absolute atomic E-state index is 0.0660. The SMILES string of the molecule is Fc1ccc([C@@H]2C[C@H](c3cccc(Br)c3)n3ncnc3N2)cc1. The highest BCUT2D eigenvalue weighted by molar-refractivity contribution is 9.10. The maximum Gasteiger partial charge on any atom is 0.222 e. The zero-order chi connectivity index (χ0) is 15.8. The molecule has 2 atom stereocenters. The predicted octanol–water partition coefficient (Wildman–Crippen LogP) is 4.33. The molecule has 6 heteroatoms. The fraction of sp³-hybridized carbons (Fsp3) is 0.176. The van der Waals surface area contributed by atoms with Gasteiger partial charge in [-0.1, -0.05) is 40.2 Å². The molecule has 4 nitrogen and oxygen atoms in total. The van der Waals surface area contributed by atoms with Crippen LogP contribution in [0.3, 0.4) is 0 Å². The van der Waals surface area contributed by atoms with E-state index in [4.69, 9.17) is 0 Å². The van der Waals surface area contributed by atoms with Gasteiger partial charge in [0.2, 0.25) is 5.95 Å². The lowest BCUT2D eigenvalue weighted by Crippen LogP contribution is -2.28. The first kappa shape index (κ1) is 14.4. The Morgan fingerprint density at radius 1 is 1.13 bits per heavy atom. The van der Waals surface area contributed by atoms with Crippen molar-refractivity contribution in [3.05, 3.63) is 76.3 Å². The Hall–Kier alpha value is -2.21. The molecule has 3 aromatic rings. The molecule has 0 fully saturated rings. The molecule has 1 aliphatic heterocycles. The van der Waals surface area contributed by atoms with E-state index < -0.39 is 0 Å². The van der Waals surface area contributed by atoms with Crippen LogP contribution in [0.15, 0.2) is 59.3 Å². The Morgan fingerprint density at radius 2 is 1.96 bits per heavy atom. The number of hydrogen-bond donors (Lipinski definition) is 1. The number of fused-ring (bicyclic) bond motifs is 1. The topological polar surface area (TPSA) is 42.7 Å². The van der Waals surface area contributed by atoms with E-state index in [2.05, 4.69) is 43.5 Å². The molecule has 2 aromatic carbocycles. The highest BCUT2D eigenvalue weighted by atomic mass is 79.9. The fourth-order valence-corrected chi connectivity index (χ4v) is 3.44. The van der Waals surface area contributed by atoms with Gasteiger partial charge in [-0.15, -0.1) is 0 Å². The van der Waals surface area contributed by atoms with E-state index in [0.717, 1.165) is 22.4 Å². The molecule has 0 saturated carbocycles. The highest BCUT2D eigenvalue weighted by Gasteiger charge is 2.29. The maximum atomic E-state index is 13.2. The van der Waals surface area contributed by atoms with Gasteiger partial charge in [0.25, 0.3) is 0 Å². The fourth-order valence-electron chi connectivity index (χ4n) is 3.02. The summed E-state index contributed by atoms with van der Waals surface area (Å²) < 4.78 is 16.1. The number of halogens is 2. The van der Waals surface area contributed by atoms with E-state index in [1.54, 1.807) is 6.33 Å². The van der Waals surface area contributed by atoms with Gasteiger partial charge in [-0.25, -0.2) is 9.07 Å². The van der Waals surface area contributed by atoms with Crippen LogP contribution in [0.2, 0.25) is 0 Å². The van der Waals surface area contributed by atoms with Gasteiger partial charge in [-0.05, 0) is 41.8 Å². The van der Waals surface area contributed by atoms with Gasteiger partial charge in [-0.2, -0.15) is 10.1 Å². The van der Waals surface area contributed by atoms with E-state index in [1.807, 2.05) is 28.9 Å². The average Bonchev–Trinajstić information content (AvgIpc) is 3.03. The lowest BCUT2D eigenvalue weighted by molar-refractivity contribution is 0.430. The van der Waals surface area contributed by atoms with Crippen LogP contribution in [0.1, 0.15) is 29.6 Å². The molecule has 23 heavy (non-hydrogen) atoms.